The number of carbonyl (C=O) groups excluding carboxylic acids is 1. The molecule has 2 aliphatic heterocycles. The van der Waals surface area contributed by atoms with Crippen molar-refractivity contribution in [3.63, 3.8) is 0 Å². The van der Waals surface area contributed by atoms with Crippen LogP contribution in [-0.4, -0.2) is 81.3 Å². The minimum atomic E-state index is 0.211. The van der Waals surface area contributed by atoms with E-state index in [4.69, 9.17) is 4.74 Å². The van der Waals surface area contributed by atoms with Crippen molar-refractivity contribution in [3.8, 4) is 11.4 Å². The van der Waals surface area contributed by atoms with Crippen LogP contribution in [0.1, 0.15) is 36.5 Å². The predicted molar refractivity (Wildman–Crippen MR) is 109 cm³/mol. The average molecular weight is 399 g/mol. The maximum atomic E-state index is 13.1. The van der Waals surface area contributed by atoms with Gasteiger partial charge >= 0.3 is 0 Å². The molecule has 1 aromatic carbocycles. The van der Waals surface area contributed by atoms with Crippen LogP contribution in [0.5, 0.6) is 0 Å². The Kier molecular flexibility index (Phi) is 5.91. The highest BCUT2D eigenvalue weighted by Crippen LogP contribution is 2.25. The molecule has 0 aliphatic carbocycles. The van der Waals surface area contributed by atoms with Crippen LogP contribution in [-0.2, 0) is 16.0 Å². The molecule has 2 aliphatic rings. The molecule has 0 saturated carbocycles. The number of benzene rings is 1. The van der Waals surface area contributed by atoms with E-state index >= 15 is 0 Å². The molecule has 2 fully saturated rings. The minimum Gasteiger partial charge on any atom is -0.381 e. The Morgan fingerprint density at radius 2 is 1.93 bits per heavy atom. The molecular formula is C21H30N6O2. The molecule has 1 amide bonds. The van der Waals surface area contributed by atoms with Gasteiger partial charge in [0.1, 0.15) is 0 Å². The third-order valence-electron chi connectivity index (χ3n) is 6.31. The number of aryl methyl sites for hydroxylation is 2. The number of aromatic amines is 1. The summed E-state index contributed by atoms with van der Waals surface area (Å²) >= 11 is 0. The van der Waals surface area contributed by atoms with Gasteiger partial charge < -0.3 is 9.64 Å². The first kappa shape index (κ1) is 20.0. The van der Waals surface area contributed by atoms with E-state index < -0.39 is 0 Å². The van der Waals surface area contributed by atoms with E-state index in [9.17, 15) is 4.79 Å². The van der Waals surface area contributed by atoms with Gasteiger partial charge in [-0.3, -0.25) is 9.69 Å². The van der Waals surface area contributed by atoms with Crippen molar-refractivity contribution in [3.05, 3.63) is 28.8 Å². The molecule has 2 aromatic rings. The van der Waals surface area contributed by atoms with E-state index in [2.05, 4.69) is 37.3 Å². The molecule has 0 unspecified atom stereocenters. The Balaban J connectivity index is 1.42. The zero-order valence-electron chi connectivity index (χ0n) is 17.5. The van der Waals surface area contributed by atoms with Gasteiger partial charge in [0.2, 0.25) is 11.7 Å². The molecule has 156 valence electrons. The van der Waals surface area contributed by atoms with Crippen LogP contribution in [0, 0.1) is 13.8 Å². The van der Waals surface area contributed by atoms with Gasteiger partial charge in [0.05, 0.1) is 6.42 Å². The number of hydrogen-bond donors (Lipinski definition) is 1. The van der Waals surface area contributed by atoms with Crippen molar-refractivity contribution in [1.82, 2.24) is 30.4 Å². The van der Waals surface area contributed by atoms with Crippen LogP contribution >= 0.6 is 0 Å². The van der Waals surface area contributed by atoms with Crippen molar-refractivity contribution in [2.45, 2.75) is 52.1 Å². The second-order valence-electron chi connectivity index (χ2n) is 8.28. The summed E-state index contributed by atoms with van der Waals surface area (Å²) in [5.74, 6) is 0.787. The lowest BCUT2D eigenvalue weighted by Crippen LogP contribution is -2.57. The Morgan fingerprint density at radius 3 is 2.55 bits per heavy atom. The Labute approximate surface area is 171 Å². The van der Waals surface area contributed by atoms with Gasteiger partial charge in [-0.1, -0.05) is 0 Å². The fraction of sp³-hybridized carbons (Fsp3) is 0.619. The van der Waals surface area contributed by atoms with Gasteiger partial charge in [-0.25, -0.2) is 0 Å². The topological polar surface area (TPSA) is 87.2 Å². The zero-order chi connectivity index (χ0) is 20.4. The zero-order valence-corrected chi connectivity index (χ0v) is 17.5. The van der Waals surface area contributed by atoms with Gasteiger partial charge in [-0.05, 0) is 67.6 Å². The Morgan fingerprint density at radius 1 is 1.21 bits per heavy atom. The van der Waals surface area contributed by atoms with Crippen LogP contribution in [0.2, 0.25) is 0 Å². The molecular weight excluding hydrogens is 368 g/mol. The standard InChI is InChI=1S/C21H30N6O2/c1-14-10-17(21-22-24-25-23-21)11-15(2)19(14)12-20(28)27-7-6-26(13-16(27)3)18-4-8-29-9-5-18/h10-11,16,18H,4-9,12-13H2,1-3H3,(H,22,23,24,25)/t16-/m0/s1. The molecule has 1 N–H and O–H groups in total. The highest BCUT2D eigenvalue weighted by atomic mass is 16.5. The summed E-state index contributed by atoms with van der Waals surface area (Å²) in [7, 11) is 0. The number of carbonyl (C=O) groups is 1. The largest absolute Gasteiger partial charge is 0.381 e. The normalized spacial score (nSPS) is 21.5. The van der Waals surface area contributed by atoms with Crippen molar-refractivity contribution < 1.29 is 9.53 Å². The van der Waals surface area contributed by atoms with Crippen LogP contribution in [0.25, 0.3) is 11.4 Å². The predicted octanol–water partition coefficient (Wildman–Crippen LogP) is 1.74. The number of piperazine rings is 1. The molecule has 1 aromatic heterocycles. The molecule has 0 bridgehead atoms. The summed E-state index contributed by atoms with van der Waals surface area (Å²) in [6.07, 6.45) is 2.64. The molecule has 3 heterocycles. The highest BCUT2D eigenvalue weighted by Gasteiger charge is 2.31. The van der Waals surface area contributed by atoms with Crippen LogP contribution in [0.4, 0.5) is 0 Å². The van der Waals surface area contributed by atoms with E-state index in [0.717, 1.165) is 67.9 Å². The van der Waals surface area contributed by atoms with Crippen LogP contribution < -0.4 is 0 Å². The van der Waals surface area contributed by atoms with E-state index in [1.807, 2.05) is 26.0 Å². The molecule has 1 atom stereocenters. The lowest BCUT2D eigenvalue weighted by Gasteiger charge is -2.44. The number of amides is 1. The smallest absolute Gasteiger partial charge is 0.227 e. The summed E-state index contributed by atoms with van der Waals surface area (Å²) in [5, 5.41) is 14.2. The van der Waals surface area contributed by atoms with Gasteiger partial charge in [-0.2, -0.15) is 5.21 Å². The summed E-state index contributed by atoms with van der Waals surface area (Å²) < 4.78 is 5.49. The van der Waals surface area contributed by atoms with Crippen molar-refractivity contribution in [2.24, 2.45) is 0 Å². The van der Waals surface area contributed by atoms with E-state index in [1.165, 1.54) is 0 Å². The second kappa shape index (κ2) is 8.59. The number of nitrogens with zero attached hydrogens (tertiary/aromatic N) is 5. The monoisotopic (exact) mass is 398 g/mol. The number of hydrogen-bond acceptors (Lipinski definition) is 6. The van der Waals surface area contributed by atoms with Gasteiger partial charge in [0.15, 0.2) is 0 Å². The Bertz CT molecular complexity index is 824. The number of rotatable bonds is 4. The van der Waals surface area contributed by atoms with E-state index in [-0.39, 0.29) is 11.9 Å². The number of ether oxygens (including phenoxy) is 1. The quantitative estimate of drug-likeness (QED) is 0.844. The molecule has 0 radical (unpaired) electrons. The van der Waals surface area contributed by atoms with Crippen LogP contribution in [0.3, 0.4) is 0 Å². The van der Waals surface area contributed by atoms with E-state index in [0.29, 0.717) is 18.3 Å². The lowest BCUT2D eigenvalue weighted by atomic mass is 9.95. The summed E-state index contributed by atoms with van der Waals surface area (Å²) in [6.45, 7) is 10.7. The second-order valence-corrected chi connectivity index (χ2v) is 8.28. The lowest BCUT2D eigenvalue weighted by molar-refractivity contribution is -0.135. The van der Waals surface area contributed by atoms with Crippen LogP contribution in [0.15, 0.2) is 12.1 Å². The first-order valence-electron chi connectivity index (χ1n) is 10.5. The maximum Gasteiger partial charge on any atom is 0.227 e. The maximum absolute atomic E-state index is 13.1. The third-order valence-corrected chi connectivity index (χ3v) is 6.31. The van der Waals surface area contributed by atoms with Crippen molar-refractivity contribution in [1.29, 1.82) is 0 Å². The summed E-state index contributed by atoms with van der Waals surface area (Å²) in [6, 6.07) is 4.91. The first-order valence-corrected chi connectivity index (χ1v) is 10.5. The first-order chi connectivity index (χ1) is 14.0. The Hall–Kier alpha value is -2.32. The highest BCUT2D eigenvalue weighted by molar-refractivity contribution is 5.80. The molecule has 29 heavy (non-hydrogen) atoms. The van der Waals surface area contributed by atoms with Gasteiger partial charge in [0, 0.05) is 50.5 Å². The fourth-order valence-corrected chi connectivity index (χ4v) is 4.68. The molecule has 8 nitrogen and oxygen atoms in total. The average Bonchev–Trinajstić information content (AvgIpc) is 3.26. The molecule has 8 heteroatoms. The molecule has 2 saturated heterocycles. The van der Waals surface area contributed by atoms with Crippen molar-refractivity contribution in [2.75, 3.05) is 32.8 Å². The van der Waals surface area contributed by atoms with Gasteiger partial charge in [-0.15, -0.1) is 10.2 Å². The number of aromatic nitrogens is 4. The minimum absolute atomic E-state index is 0.211. The summed E-state index contributed by atoms with van der Waals surface area (Å²) in [4.78, 5) is 17.7. The number of nitrogens with one attached hydrogen (secondary N) is 1. The summed E-state index contributed by atoms with van der Waals surface area (Å²) in [5.41, 5.74) is 4.20. The number of H-pyrrole nitrogens is 1. The van der Waals surface area contributed by atoms with Crippen molar-refractivity contribution >= 4 is 5.91 Å². The fourth-order valence-electron chi connectivity index (χ4n) is 4.68. The number of tetrazole rings is 1. The van der Waals surface area contributed by atoms with E-state index in [1.54, 1.807) is 0 Å². The third kappa shape index (κ3) is 4.33. The molecule has 0 spiro atoms. The SMILES string of the molecule is Cc1cc(-c2nn[nH]n2)cc(C)c1CC(=O)N1CCN(C2CCOCC2)C[C@@H]1C. The van der Waals surface area contributed by atoms with Gasteiger partial charge in [0.25, 0.3) is 0 Å². The molecule has 4 rings (SSSR count).